The number of nitrogens with one attached hydrogen (secondary N) is 2. The summed E-state index contributed by atoms with van der Waals surface area (Å²) in [4.78, 5) is 21.6. The first-order chi connectivity index (χ1) is 13.7. The highest BCUT2D eigenvalue weighted by atomic mass is 127. The summed E-state index contributed by atoms with van der Waals surface area (Å²) < 4.78 is 0. The molecule has 2 saturated carbocycles. The smallest absolute Gasteiger partial charge is 0.234 e. The van der Waals surface area contributed by atoms with Gasteiger partial charge in [-0.05, 0) is 43.6 Å². The minimum atomic E-state index is 0. The second-order valence-electron chi connectivity index (χ2n) is 8.31. The van der Waals surface area contributed by atoms with Gasteiger partial charge in [0.1, 0.15) is 0 Å². The van der Waals surface area contributed by atoms with E-state index in [0.29, 0.717) is 24.4 Å². The normalized spacial score (nSPS) is 24.6. The number of benzene rings is 1. The molecule has 3 fully saturated rings. The van der Waals surface area contributed by atoms with Crippen LogP contribution in [0.3, 0.4) is 0 Å². The molecule has 0 radical (unpaired) electrons. The summed E-state index contributed by atoms with van der Waals surface area (Å²) in [6, 6.07) is 11.3. The maximum absolute atomic E-state index is 12.0. The zero-order chi connectivity index (χ0) is 19.3. The van der Waals surface area contributed by atoms with Crippen LogP contribution in [0.5, 0.6) is 0 Å². The maximum Gasteiger partial charge on any atom is 0.234 e. The van der Waals surface area contributed by atoms with Crippen molar-refractivity contribution in [1.29, 1.82) is 0 Å². The lowest BCUT2D eigenvalue weighted by atomic mass is 10.1. The average molecular weight is 511 g/mol. The molecule has 7 heteroatoms. The third-order valence-electron chi connectivity index (χ3n) is 5.94. The first kappa shape index (κ1) is 22.3. The van der Waals surface area contributed by atoms with Crippen LogP contribution in [0.1, 0.15) is 37.7 Å². The maximum atomic E-state index is 12.0. The van der Waals surface area contributed by atoms with Gasteiger partial charge in [0.05, 0.1) is 6.54 Å². The van der Waals surface area contributed by atoms with Crippen LogP contribution in [0, 0.1) is 5.92 Å². The topological polar surface area (TPSA) is 60.0 Å². The minimum Gasteiger partial charge on any atom is -0.357 e. The Morgan fingerprint density at radius 3 is 2.52 bits per heavy atom. The molecule has 0 spiro atoms. The number of guanidine groups is 1. The molecule has 1 aliphatic heterocycles. The highest BCUT2D eigenvalue weighted by Crippen LogP contribution is 2.47. The summed E-state index contributed by atoms with van der Waals surface area (Å²) >= 11 is 0. The summed E-state index contributed by atoms with van der Waals surface area (Å²) in [7, 11) is 0. The van der Waals surface area contributed by atoms with Crippen LogP contribution in [0.2, 0.25) is 0 Å². The molecule has 2 N–H and O–H groups in total. The van der Waals surface area contributed by atoms with Gasteiger partial charge < -0.3 is 15.5 Å². The van der Waals surface area contributed by atoms with Gasteiger partial charge in [-0.25, -0.2) is 0 Å². The van der Waals surface area contributed by atoms with Gasteiger partial charge in [-0.15, -0.1) is 24.0 Å². The van der Waals surface area contributed by atoms with Gasteiger partial charge in [0.25, 0.3) is 0 Å². The zero-order valence-corrected chi connectivity index (χ0v) is 19.7. The molecule has 2 unspecified atom stereocenters. The van der Waals surface area contributed by atoms with Gasteiger partial charge in [-0.1, -0.05) is 30.3 Å². The van der Waals surface area contributed by atoms with E-state index in [-0.39, 0.29) is 29.9 Å². The van der Waals surface area contributed by atoms with Crippen LogP contribution in [0.4, 0.5) is 0 Å². The Hall–Kier alpha value is -1.35. The fourth-order valence-corrected chi connectivity index (χ4v) is 4.01. The molecule has 0 bridgehead atoms. The summed E-state index contributed by atoms with van der Waals surface area (Å²) in [5, 5.41) is 6.54. The van der Waals surface area contributed by atoms with Crippen molar-refractivity contribution in [1.82, 2.24) is 20.4 Å². The summed E-state index contributed by atoms with van der Waals surface area (Å²) in [6.45, 7) is 8.11. The molecule has 1 heterocycles. The van der Waals surface area contributed by atoms with E-state index in [4.69, 9.17) is 4.99 Å². The molecule has 4 rings (SSSR count). The molecule has 2 atom stereocenters. The van der Waals surface area contributed by atoms with E-state index in [1.807, 2.05) is 0 Å². The average Bonchev–Trinajstić information content (AvgIpc) is 3.63. The molecule has 0 aromatic heterocycles. The molecule has 1 aromatic rings. The molecule has 6 nitrogen and oxygen atoms in total. The molecule has 3 aliphatic rings. The Morgan fingerprint density at radius 1 is 1.14 bits per heavy atom. The molecule has 1 amide bonds. The van der Waals surface area contributed by atoms with Crippen LogP contribution >= 0.6 is 24.0 Å². The number of rotatable bonds is 7. The van der Waals surface area contributed by atoms with Crippen molar-refractivity contribution in [2.45, 2.75) is 38.1 Å². The number of hydrogen-bond donors (Lipinski definition) is 2. The summed E-state index contributed by atoms with van der Waals surface area (Å²) in [6.07, 6.45) is 3.54. The van der Waals surface area contributed by atoms with Gasteiger partial charge in [-0.2, -0.15) is 0 Å². The van der Waals surface area contributed by atoms with E-state index < -0.39 is 0 Å². The van der Waals surface area contributed by atoms with Crippen LogP contribution in [0.25, 0.3) is 0 Å². The lowest BCUT2D eigenvalue weighted by molar-refractivity contribution is -0.122. The van der Waals surface area contributed by atoms with Crippen molar-refractivity contribution in [2.75, 3.05) is 45.8 Å². The number of carbonyl (C=O) groups excluding carboxylic acids is 1. The standard InChI is InChI=1S/C22H33N5O.HI/c1-2-23-22(24-15-18-14-20(18)17-6-4-3-5-7-17)27-12-10-26(11-13-27)16-21(28)25-19-8-9-19;/h3-7,18-20H,2,8-16H2,1H3,(H,23,24)(H,25,28);1H. The molecular weight excluding hydrogens is 477 g/mol. The number of halogens is 1. The van der Waals surface area contributed by atoms with Crippen molar-refractivity contribution in [3.05, 3.63) is 35.9 Å². The Kier molecular flexibility index (Phi) is 8.17. The van der Waals surface area contributed by atoms with Crippen LogP contribution < -0.4 is 10.6 Å². The van der Waals surface area contributed by atoms with Crippen LogP contribution in [-0.4, -0.2) is 73.5 Å². The second kappa shape index (κ2) is 10.6. The summed E-state index contributed by atoms with van der Waals surface area (Å²) in [5.41, 5.74) is 1.45. The van der Waals surface area contributed by atoms with Crippen molar-refractivity contribution in [2.24, 2.45) is 10.9 Å². The van der Waals surface area contributed by atoms with Crippen molar-refractivity contribution >= 4 is 35.8 Å². The van der Waals surface area contributed by atoms with Gasteiger partial charge in [0.15, 0.2) is 5.96 Å². The number of aliphatic imine (C=N–C) groups is 1. The van der Waals surface area contributed by atoms with E-state index in [1.165, 1.54) is 12.0 Å². The monoisotopic (exact) mass is 511 g/mol. The van der Waals surface area contributed by atoms with Gasteiger partial charge >= 0.3 is 0 Å². The third kappa shape index (κ3) is 6.57. The fraction of sp³-hybridized carbons (Fsp3) is 0.636. The fourth-order valence-electron chi connectivity index (χ4n) is 4.01. The molecule has 160 valence electrons. The lowest BCUT2D eigenvalue weighted by Gasteiger charge is -2.36. The van der Waals surface area contributed by atoms with Gasteiger partial charge in [0, 0.05) is 45.3 Å². The van der Waals surface area contributed by atoms with E-state index in [2.05, 4.69) is 57.7 Å². The van der Waals surface area contributed by atoms with E-state index in [9.17, 15) is 4.79 Å². The number of piperazine rings is 1. The van der Waals surface area contributed by atoms with Crippen LogP contribution in [0.15, 0.2) is 35.3 Å². The van der Waals surface area contributed by atoms with E-state index >= 15 is 0 Å². The minimum absolute atomic E-state index is 0. The first-order valence-electron chi connectivity index (χ1n) is 10.8. The lowest BCUT2D eigenvalue weighted by Crippen LogP contribution is -2.54. The van der Waals surface area contributed by atoms with Crippen molar-refractivity contribution in [3.63, 3.8) is 0 Å². The Bertz CT molecular complexity index is 686. The SMILES string of the molecule is CCNC(=NCC1CC1c1ccccc1)N1CCN(CC(=O)NC2CC2)CC1.I. The molecular formula is C22H34IN5O. The number of amides is 1. The zero-order valence-electron chi connectivity index (χ0n) is 17.3. The number of nitrogens with zero attached hydrogens (tertiary/aromatic N) is 3. The largest absolute Gasteiger partial charge is 0.357 e. The number of carbonyl (C=O) groups is 1. The predicted molar refractivity (Wildman–Crippen MR) is 128 cm³/mol. The molecule has 1 aromatic carbocycles. The predicted octanol–water partition coefficient (Wildman–Crippen LogP) is 2.27. The number of hydrogen-bond acceptors (Lipinski definition) is 3. The molecule has 2 aliphatic carbocycles. The highest BCUT2D eigenvalue weighted by molar-refractivity contribution is 14.0. The van der Waals surface area contributed by atoms with Crippen molar-refractivity contribution < 1.29 is 4.79 Å². The molecule has 29 heavy (non-hydrogen) atoms. The van der Waals surface area contributed by atoms with Crippen molar-refractivity contribution in [3.8, 4) is 0 Å². The van der Waals surface area contributed by atoms with E-state index in [1.54, 1.807) is 0 Å². The quantitative estimate of drug-likeness (QED) is 0.335. The first-order valence-corrected chi connectivity index (χ1v) is 10.8. The van der Waals surface area contributed by atoms with Gasteiger partial charge in [0.2, 0.25) is 5.91 Å². The van der Waals surface area contributed by atoms with Crippen LogP contribution in [-0.2, 0) is 4.79 Å². The summed E-state index contributed by atoms with van der Waals surface area (Å²) in [5.74, 6) is 2.55. The second-order valence-corrected chi connectivity index (χ2v) is 8.31. The third-order valence-corrected chi connectivity index (χ3v) is 5.94. The Morgan fingerprint density at radius 2 is 1.86 bits per heavy atom. The Labute approximate surface area is 191 Å². The Balaban J connectivity index is 0.00000240. The highest BCUT2D eigenvalue weighted by Gasteiger charge is 2.38. The van der Waals surface area contributed by atoms with E-state index in [0.717, 1.165) is 58.1 Å². The molecule has 1 saturated heterocycles. The van der Waals surface area contributed by atoms with Gasteiger partial charge in [-0.3, -0.25) is 14.7 Å².